The predicted octanol–water partition coefficient (Wildman–Crippen LogP) is 2.57. The van der Waals surface area contributed by atoms with Crippen LogP contribution >= 0.6 is 0 Å². The molecule has 1 heterocycles. The largest absolute Gasteiger partial charge is 0.316 e. The fraction of sp³-hybridized carbons (Fsp3) is 0.867. The van der Waals surface area contributed by atoms with Gasteiger partial charge in [-0.2, -0.15) is 0 Å². The SMILES string of the molecule is CC1CCC(NCCn2cnnc2C2CC2)CC1C. The molecule has 1 aromatic rings. The molecule has 0 aliphatic heterocycles. The second-order valence-corrected chi connectivity index (χ2v) is 6.58. The molecule has 4 heteroatoms. The van der Waals surface area contributed by atoms with E-state index in [9.17, 15) is 0 Å². The molecular formula is C15H26N4. The zero-order chi connectivity index (χ0) is 13.2. The van der Waals surface area contributed by atoms with Crippen LogP contribution in [0.2, 0.25) is 0 Å². The van der Waals surface area contributed by atoms with Gasteiger partial charge in [-0.25, -0.2) is 0 Å². The molecule has 0 saturated heterocycles. The first-order chi connectivity index (χ1) is 9.24. The second kappa shape index (κ2) is 5.61. The van der Waals surface area contributed by atoms with Crippen molar-refractivity contribution in [2.45, 2.75) is 64.5 Å². The van der Waals surface area contributed by atoms with Crippen molar-refractivity contribution < 1.29 is 0 Å². The molecule has 4 nitrogen and oxygen atoms in total. The lowest BCUT2D eigenvalue weighted by Gasteiger charge is -2.32. The Balaban J connectivity index is 1.44. The van der Waals surface area contributed by atoms with Crippen molar-refractivity contribution in [3.8, 4) is 0 Å². The highest BCUT2D eigenvalue weighted by atomic mass is 15.3. The summed E-state index contributed by atoms with van der Waals surface area (Å²) in [5, 5.41) is 12.0. The molecule has 0 amide bonds. The van der Waals surface area contributed by atoms with Crippen molar-refractivity contribution in [2.24, 2.45) is 11.8 Å². The van der Waals surface area contributed by atoms with Crippen LogP contribution in [0, 0.1) is 11.8 Å². The zero-order valence-corrected chi connectivity index (χ0v) is 12.2. The van der Waals surface area contributed by atoms with Gasteiger partial charge in [0.2, 0.25) is 0 Å². The molecule has 2 fully saturated rings. The van der Waals surface area contributed by atoms with E-state index in [2.05, 4.69) is 33.9 Å². The van der Waals surface area contributed by atoms with Gasteiger partial charge in [-0.1, -0.05) is 13.8 Å². The van der Waals surface area contributed by atoms with Gasteiger partial charge in [-0.15, -0.1) is 10.2 Å². The topological polar surface area (TPSA) is 42.7 Å². The first-order valence-corrected chi connectivity index (χ1v) is 7.85. The minimum absolute atomic E-state index is 0.693. The molecule has 0 bridgehead atoms. The van der Waals surface area contributed by atoms with E-state index in [1.165, 1.54) is 37.9 Å². The first-order valence-electron chi connectivity index (χ1n) is 7.85. The second-order valence-electron chi connectivity index (χ2n) is 6.58. The van der Waals surface area contributed by atoms with Gasteiger partial charge < -0.3 is 9.88 Å². The lowest BCUT2D eigenvalue weighted by atomic mass is 9.79. The maximum absolute atomic E-state index is 4.25. The Bertz CT molecular complexity index is 410. The van der Waals surface area contributed by atoms with E-state index < -0.39 is 0 Å². The van der Waals surface area contributed by atoms with Crippen LogP contribution < -0.4 is 5.32 Å². The summed E-state index contributed by atoms with van der Waals surface area (Å²) >= 11 is 0. The highest BCUT2D eigenvalue weighted by molar-refractivity contribution is 5.04. The van der Waals surface area contributed by atoms with Gasteiger partial charge in [0.25, 0.3) is 0 Å². The molecule has 3 unspecified atom stereocenters. The van der Waals surface area contributed by atoms with Crippen molar-refractivity contribution >= 4 is 0 Å². The summed E-state index contributed by atoms with van der Waals surface area (Å²) in [6, 6.07) is 0.715. The lowest BCUT2D eigenvalue weighted by Crippen LogP contribution is -2.37. The highest BCUT2D eigenvalue weighted by Crippen LogP contribution is 2.38. The fourth-order valence-corrected chi connectivity index (χ4v) is 3.22. The van der Waals surface area contributed by atoms with Crippen molar-refractivity contribution in [2.75, 3.05) is 6.54 Å². The van der Waals surface area contributed by atoms with Crippen molar-refractivity contribution in [1.29, 1.82) is 0 Å². The number of nitrogens with one attached hydrogen (secondary N) is 1. The molecular weight excluding hydrogens is 236 g/mol. The Morgan fingerprint density at radius 3 is 2.79 bits per heavy atom. The van der Waals surface area contributed by atoms with E-state index in [0.717, 1.165) is 24.9 Å². The van der Waals surface area contributed by atoms with Gasteiger partial charge in [0, 0.05) is 25.0 Å². The van der Waals surface area contributed by atoms with Gasteiger partial charge in [0.15, 0.2) is 0 Å². The fourth-order valence-electron chi connectivity index (χ4n) is 3.22. The van der Waals surface area contributed by atoms with Crippen molar-refractivity contribution in [3.05, 3.63) is 12.2 Å². The standard InChI is InChI=1S/C15H26N4/c1-11-3-6-14(9-12(11)2)16-7-8-19-10-17-18-15(19)13-4-5-13/h10-14,16H,3-9H2,1-2H3. The Hall–Kier alpha value is -0.900. The van der Waals surface area contributed by atoms with Crippen LogP contribution in [-0.4, -0.2) is 27.4 Å². The van der Waals surface area contributed by atoms with Crippen LogP contribution in [0.15, 0.2) is 6.33 Å². The molecule has 3 rings (SSSR count). The van der Waals surface area contributed by atoms with Crippen LogP contribution in [0.25, 0.3) is 0 Å². The van der Waals surface area contributed by atoms with Crippen molar-refractivity contribution in [1.82, 2.24) is 20.1 Å². The minimum atomic E-state index is 0.693. The molecule has 19 heavy (non-hydrogen) atoms. The Labute approximate surface area is 116 Å². The first kappa shape index (κ1) is 13.1. The minimum Gasteiger partial charge on any atom is -0.316 e. The van der Waals surface area contributed by atoms with E-state index in [1.807, 2.05) is 6.33 Å². The number of rotatable bonds is 5. The summed E-state index contributed by atoms with van der Waals surface area (Å²) in [7, 11) is 0. The third-order valence-corrected chi connectivity index (χ3v) is 4.97. The summed E-state index contributed by atoms with van der Waals surface area (Å²) < 4.78 is 2.24. The van der Waals surface area contributed by atoms with E-state index in [1.54, 1.807) is 0 Å². The molecule has 0 spiro atoms. The number of hydrogen-bond acceptors (Lipinski definition) is 3. The molecule has 2 aliphatic rings. The molecule has 0 radical (unpaired) electrons. The molecule has 2 saturated carbocycles. The maximum atomic E-state index is 4.25. The predicted molar refractivity (Wildman–Crippen MR) is 76.0 cm³/mol. The van der Waals surface area contributed by atoms with Crippen LogP contribution in [0.5, 0.6) is 0 Å². The number of hydrogen-bond donors (Lipinski definition) is 1. The summed E-state index contributed by atoms with van der Waals surface area (Å²) in [5.41, 5.74) is 0. The Morgan fingerprint density at radius 2 is 2.05 bits per heavy atom. The summed E-state index contributed by atoms with van der Waals surface area (Å²) in [5.74, 6) is 3.66. The molecule has 0 aromatic carbocycles. The van der Waals surface area contributed by atoms with E-state index in [0.29, 0.717) is 12.0 Å². The van der Waals surface area contributed by atoms with Gasteiger partial charge in [0.05, 0.1) is 0 Å². The van der Waals surface area contributed by atoms with Crippen LogP contribution in [0.4, 0.5) is 0 Å². The maximum Gasteiger partial charge on any atom is 0.135 e. The smallest absolute Gasteiger partial charge is 0.135 e. The van der Waals surface area contributed by atoms with Crippen LogP contribution in [0.3, 0.4) is 0 Å². The Morgan fingerprint density at radius 1 is 1.21 bits per heavy atom. The highest BCUT2D eigenvalue weighted by Gasteiger charge is 2.28. The average Bonchev–Trinajstić information content (AvgIpc) is 3.14. The quantitative estimate of drug-likeness (QED) is 0.887. The summed E-state index contributed by atoms with van der Waals surface area (Å²) in [6.07, 6.45) is 8.52. The third kappa shape index (κ3) is 3.16. The monoisotopic (exact) mass is 262 g/mol. The normalized spacial score (nSPS) is 31.6. The third-order valence-electron chi connectivity index (χ3n) is 4.97. The van der Waals surface area contributed by atoms with Crippen LogP contribution in [0.1, 0.15) is 57.7 Å². The van der Waals surface area contributed by atoms with Gasteiger partial charge in [-0.3, -0.25) is 0 Å². The van der Waals surface area contributed by atoms with Gasteiger partial charge in [-0.05, 0) is 43.9 Å². The van der Waals surface area contributed by atoms with Crippen LogP contribution in [-0.2, 0) is 6.54 Å². The van der Waals surface area contributed by atoms with Gasteiger partial charge in [0.1, 0.15) is 12.2 Å². The van der Waals surface area contributed by atoms with Crippen molar-refractivity contribution in [3.63, 3.8) is 0 Å². The number of nitrogens with zero attached hydrogens (tertiary/aromatic N) is 3. The summed E-state index contributed by atoms with van der Waals surface area (Å²) in [4.78, 5) is 0. The average molecular weight is 262 g/mol. The molecule has 3 atom stereocenters. The molecule has 1 aromatic heterocycles. The number of aromatic nitrogens is 3. The molecule has 1 N–H and O–H groups in total. The van der Waals surface area contributed by atoms with E-state index >= 15 is 0 Å². The molecule has 106 valence electrons. The lowest BCUT2D eigenvalue weighted by molar-refractivity contribution is 0.225. The summed E-state index contributed by atoms with van der Waals surface area (Å²) in [6.45, 7) is 6.84. The zero-order valence-electron chi connectivity index (χ0n) is 12.2. The van der Waals surface area contributed by atoms with E-state index in [-0.39, 0.29) is 0 Å². The Kier molecular flexibility index (Phi) is 3.87. The van der Waals surface area contributed by atoms with Gasteiger partial charge >= 0.3 is 0 Å². The molecule has 2 aliphatic carbocycles. The van der Waals surface area contributed by atoms with E-state index in [4.69, 9.17) is 0 Å².